The van der Waals surface area contributed by atoms with Crippen LogP contribution >= 0.6 is 0 Å². The number of rotatable bonds is 21. The smallest absolute Gasteiger partial charge is 0.335 e. The van der Waals surface area contributed by atoms with E-state index in [1.807, 2.05) is 0 Å². The highest BCUT2D eigenvalue weighted by molar-refractivity contribution is 5.79. The van der Waals surface area contributed by atoms with Gasteiger partial charge in [-0.3, -0.25) is 14.4 Å². The average molecular weight is 1730 g/mol. The Balaban J connectivity index is 0.780. The Bertz CT molecular complexity index is 3620. The molecule has 13 aliphatic rings. The highest BCUT2D eigenvalue weighted by Gasteiger charge is 2.72. The van der Waals surface area contributed by atoms with E-state index >= 15 is 4.79 Å². The van der Waals surface area contributed by atoms with Crippen molar-refractivity contribution < 1.29 is 201 Å². The number of carbonyl (C=O) groups excluding carboxylic acids is 4. The van der Waals surface area contributed by atoms with Crippen molar-refractivity contribution >= 4 is 30.2 Å². The van der Waals surface area contributed by atoms with Gasteiger partial charge < -0.3 is 182 Å². The van der Waals surface area contributed by atoms with Crippen molar-refractivity contribution in [3.63, 3.8) is 0 Å². The molecule has 18 N–H and O–H groups in total. The molecule has 8 heterocycles. The summed E-state index contributed by atoms with van der Waals surface area (Å²) in [6.45, 7) is 16.4. The number of aliphatic hydroxyl groups is 17. The molecule has 46 atom stereocenters. The minimum Gasteiger partial charge on any atom is -0.479 e. The van der Waals surface area contributed by atoms with Gasteiger partial charge in [0.05, 0.1) is 61.7 Å². The highest BCUT2D eigenvalue weighted by Crippen LogP contribution is 2.76. The summed E-state index contributed by atoms with van der Waals surface area (Å²) in [5, 5.41) is 200. The fourth-order valence-electron chi connectivity index (χ4n) is 22.0. The first-order valence-electron chi connectivity index (χ1n) is 41.5. The summed E-state index contributed by atoms with van der Waals surface area (Å²) in [6.07, 6.45) is -61.1. The van der Waals surface area contributed by atoms with Gasteiger partial charge in [-0.25, -0.2) is 4.79 Å². The second-order valence-corrected chi connectivity index (χ2v) is 37.0. The lowest BCUT2D eigenvalue weighted by molar-refractivity contribution is -0.391. The van der Waals surface area contributed by atoms with Crippen molar-refractivity contribution in [2.75, 3.05) is 26.4 Å². The fourth-order valence-corrected chi connectivity index (χ4v) is 22.0. The number of fused-ring (bicyclic) bond motifs is 7. The maximum Gasteiger partial charge on any atom is 0.335 e. The standard InChI is InChI=1S/C79H122O41/c1-28-42(87)58(115-67-52(97)57(37(86)26-105-67)114-65-47(92)43(88)35(84)24-103-65)53(98)69(106-28)118-62-50(95)55(113-70-54(99)60(110-32(5)83)56(30(3)107-70)109-31(4)82)29(2)108-71(62)120-73(102)79-20-18-74(6,7)22-34(79)33-12-13-40-75(8)16-15-41(76(9,27-81)39(75)14-17-78(40,11)77(33,10)19-21-79)112-72-63(119-68-49(94)46(91)45(90)38(23-80)111-68)59(51(96)61(117-72)64(100)101)116-66-48(93)44(89)36(85)25-104-66/h12,27-30,34-63,65-72,80,84-99H,13-26H2,1-11H3,(H,100,101)/t28-,29+,30+,34-,35+,36+,37+,38+,39?,40?,41-,42-,43-,44-,45-,46-,47+,48+,49+,50-,51-,52+,53+,54+,55-,56+,57-,58+,59-,60+,61-,62+,63+,65-,66-,67-,68-,69-,70-,71-,72+,75-,76-,77+,78+,79-/m0/s1. The molecule has 41 heteroatoms. The van der Waals surface area contributed by atoms with Gasteiger partial charge in [-0.2, -0.15) is 0 Å². The molecule has 0 radical (unpaired) electrons. The van der Waals surface area contributed by atoms with Crippen LogP contribution in [0.2, 0.25) is 0 Å². The van der Waals surface area contributed by atoms with Gasteiger partial charge in [-0.1, -0.05) is 53.2 Å². The first-order valence-corrected chi connectivity index (χ1v) is 41.5. The van der Waals surface area contributed by atoms with Crippen molar-refractivity contribution in [3.8, 4) is 0 Å². The summed E-state index contributed by atoms with van der Waals surface area (Å²) in [6, 6.07) is 0. The molecule has 2 unspecified atom stereocenters. The zero-order chi connectivity index (χ0) is 87.6. The molecule has 0 spiro atoms. The van der Waals surface area contributed by atoms with E-state index in [2.05, 4.69) is 40.7 Å². The number of carbonyl (C=O) groups is 5. The Morgan fingerprint density at radius 3 is 1.56 bits per heavy atom. The zero-order valence-corrected chi connectivity index (χ0v) is 68.7. The van der Waals surface area contributed by atoms with E-state index in [-0.39, 0.29) is 24.2 Å². The lowest BCUT2D eigenvalue weighted by Crippen LogP contribution is -2.69. The van der Waals surface area contributed by atoms with Crippen LogP contribution in [0.1, 0.15) is 140 Å². The van der Waals surface area contributed by atoms with Crippen LogP contribution in [0.3, 0.4) is 0 Å². The van der Waals surface area contributed by atoms with Crippen molar-refractivity contribution in [2.24, 2.45) is 50.2 Å². The molecular weight excluding hydrogens is 1600 g/mol. The predicted molar refractivity (Wildman–Crippen MR) is 391 cm³/mol. The molecule has 12 fully saturated rings. The Morgan fingerprint density at radius 2 is 0.950 bits per heavy atom. The first kappa shape index (κ1) is 93.6. The number of aliphatic hydroxyl groups excluding tert-OH is 17. The van der Waals surface area contributed by atoms with E-state index in [0.29, 0.717) is 51.4 Å². The number of carboxylic acid groups (broad SMARTS) is 1. The number of hydrogen-bond acceptors (Lipinski definition) is 40. The van der Waals surface area contributed by atoms with Crippen LogP contribution in [0.25, 0.3) is 0 Å². The Kier molecular flexibility index (Phi) is 28.0. The van der Waals surface area contributed by atoms with Gasteiger partial charge in [-0.15, -0.1) is 0 Å². The molecule has 4 saturated carbocycles. The van der Waals surface area contributed by atoms with E-state index < -0.39 is 323 Å². The van der Waals surface area contributed by atoms with Gasteiger partial charge >= 0.3 is 23.9 Å². The summed E-state index contributed by atoms with van der Waals surface area (Å²) < 4.78 is 109. The lowest BCUT2D eigenvalue weighted by atomic mass is 9.33. The van der Waals surface area contributed by atoms with Crippen molar-refractivity contribution in [2.45, 2.75) is 374 Å². The van der Waals surface area contributed by atoms with Crippen molar-refractivity contribution in [1.29, 1.82) is 0 Å². The van der Waals surface area contributed by atoms with E-state index in [9.17, 15) is 111 Å². The summed E-state index contributed by atoms with van der Waals surface area (Å²) in [4.78, 5) is 68.6. The predicted octanol–water partition coefficient (Wildman–Crippen LogP) is -5.33. The molecule has 13 rings (SSSR count). The fraction of sp³-hybridized carbons (Fsp3) is 0.911. The molecule has 120 heavy (non-hydrogen) atoms. The van der Waals surface area contributed by atoms with Crippen LogP contribution in [-0.4, -0.2) is 382 Å². The van der Waals surface area contributed by atoms with Crippen molar-refractivity contribution in [1.82, 2.24) is 0 Å². The third-order valence-electron chi connectivity index (χ3n) is 29.1. The van der Waals surface area contributed by atoms with E-state index in [1.54, 1.807) is 6.92 Å². The monoisotopic (exact) mass is 1730 g/mol. The van der Waals surface area contributed by atoms with Crippen LogP contribution in [0, 0.1) is 50.2 Å². The third-order valence-corrected chi connectivity index (χ3v) is 29.1. The Hall–Kier alpha value is -3.99. The number of carboxylic acids is 1. The lowest BCUT2D eigenvalue weighted by Gasteiger charge is -2.71. The van der Waals surface area contributed by atoms with Crippen molar-refractivity contribution in [3.05, 3.63) is 11.6 Å². The molecule has 5 aliphatic carbocycles. The Morgan fingerprint density at radius 1 is 0.442 bits per heavy atom. The topological polar surface area (TPSA) is 616 Å². The minimum absolute atomic E-state index is 0.104. The minimum atomic E-state index is -2.23. The molecule has 0 aromatic rings. The normalized spacial score (nSPS) is 52.8. The van der Waals surface area contributed by atoms with E-state index in [4.69, 9.17) is 85.3 Å². The summed E-state index contributed by atoms with van der Waals surface area (Å²) >= 11 is 0. The highest BCUT2D eigenvalue weighted by atomic mass is 16.8. The summed E-state index contributed by atoms with van der Waals surface area (Å²) in [5.41, 5.74) is -4.02. The number of esters is 3. The molecule has 8 aliphatic heterocycles. The average Bonchev–Trinajstić information content (AvgIpc) is 0.672. The Labute approximate surface area is 691 Å². The van der Waals surface area contributed by atoms with E-state index in [1.165, 1.54) is 20.8 Å². The zero-order valence-electron chi connectivity index (χ0n) is 68.7. The number of allylic oxidation sites excluding steroid dienone is 2. The molecule has 41 nitrogen and oxygen atoms in total. The van der Waals surface area contributed by atoms with Gasteiger partial charge in [0, 0.05) is 13.8 Å². The number of ether oxygens (including phenoxy) is 18. The number of aldehydes is 1. The SMILES string of the molecule is CC(=O)O[C@@H]1[C@@H](O)[C@H](O[C@@H]2[C@H](O)[C@@H](O[C@@H]3O[C@@H](C)[C@H](O)[C@@H](O[C@@H]4OC[C@@H](O)[C@H](O[C@@H]5OC[C@@H](O)[C@H](O)[C@H]5O)[C@H]4O)[C@H]3O)[C@H](OC(=O)[C@]34CCC(C)(C)C[C@H]3C3=CCC5[C@@]6(C)CC[C@H](O[C@@H]7O[C@H](C(=O)O)[C@@H](O)[C@H](O[C@@H]8OC[C@@H](O)[C@H](O)[C@H]8O)[C@H]7O[C@@H]7O[C@H](CO)[C@H](O)[C@H](O)[C@H]7O)[C@@](C)(C=O)C6CC[C@@]5(C)[C@]3(C)CC4)O[C@@H]2C)O[C@H](C)[C@H]1OC(C)=O. The molecule has 0 aromatic heterocycles. The van der Waals surface area contributed by atoms with Gasteiger partial charge in [0.15, 0.2) is 68.4 Å². The van der Waals surface area contributed by atoms with Crippen LogP contribution in [-0.2, 0) is 109 Å². The third kappa shape index (κ3) is 17.0. The molecule has 0 bridgehead atoms. The van der Waals surface area contributed by atoms with Crippen LogP contribution in [0.15, 0.2) is 11.6 Å². The summed E-state index contributed by atoms with van der Waals surface area (Å²) in [7, 11) is 0. The second kappa shape index (κ2) is 35.9. The van der Waals surface area contributed by atoms with Gasteiger partial charge in [0.25, 0.3) is 0 Å². The van der Waals surface area contributed by atoms with E-state index in [0.717, 1.165) is 25.7 Å². The largest absolute Gasteiger partial charge is 0.479 e. The molecule has 0 aromatic carbocycles. The maximum atomic E-state index is 16.3. The number of aliphatic carboxylic acids is 1. The molecule has 684 valence electrons. The maximum absolute atomic E-state index is 16.3. The second-order valence-electron chi connectivity index (χ2n) is 37.0. The van der Waals surface area contributed by atoms with Gasteiger partial charge in [-0.05, 0) is 124 Å². The van der Waals surface area contributed by atoms with Crippen LogP contribution < -0.4 is 0 Å². The van der Waals surface area contributed by atoms with Gasteiger partial charge in [0.2, 0.25) is 6.29 Å². The molecular formula is C79H122O41. The molecule has 8 saturated heterocycles. The summed E-state index contributed by atoms with van der Waals surface area (Å²) in [5.74, 6) is -5.34. The van der Waals surface area contributed by atoms with Gasteiger partial charge in [0.1, 0.15) is 141 Å². The number of hydrogen-bond donors (Lipinski definition) is 18. The first-order chi connectivity index (χ1) is 56.3. The quantitative estimate of drug-likeness (QED) is 0.0168. The van der Waals surface area contributed by atoms with Crippen LogP contribution in [0.4, 0.5) is 0 Å². The molecule has 0 amide bonds. The van der Waals surface area contributed by atoms with Crippen LogP contribution in [0.5, 0.6) is 0 Å².